The van der Waals surface area contributed by atoms with Gasteiger partial charge in [0.1, 0.15) is 0 Å². The third-order valence-electron chi connectivity index (χ3n) is 0.892. The molecule has 0 heterocycles. The molecule has 0 saturated carbocycles. The predicted octanol–water partition coefficient (Wildman–Crippen LogP) is 1.14. The summed E-state index contributed by atoms with van der Waals surface area (Å²) in [5.74, 6) is 0. The van der Waals surface area contributed by atoms with E-state index < -0.39 is 0 Å². The molecule has 0 radical (unpaired) electrons. The van der Waals surface area contributed by atoms with E-state index in [-0.39, 0.29) is 31.1 Å². The molecule has 1 aromatic carbocycles. The summed E-state index contributed by atoms with van der Waals surface area (Å²) < 4.78 is 0. The minimum absolute atomic E-state index is 0. The summed E-state index contributed by atoms with van der Waals surface area (Å²) in [4.78, 5) is 9.88. The van der Waals surface area contributed by atoms with E-state index in [1.54, 1.807) is 30.6 Å². The van der Waals surface area contributed by atoms with Crippen LogP contribution in [0.2, 0.25) is 0 Å². The van der Waals surface area contributed by atoms with Crippen molar-refractivity contribution in [1.82, 2.24) is 0 Å². The van der Waals surface area contributed by atoms with Crippen molar-refractivity contribution in [2.24, 2.45) is 0 Å². The second-order valence-corrected chi connectivity index (χ2v) is 1.47. The van der Waals surface area contributed by atoms with Crippen LogP contribution < -0.4 is 0 Å². The molecule has 0 aromatic heterocycles. The monoisotopic (exact) mass is 343 g/mol. The molecule has 0 fully saturated rings. The number of rotatable bonds is 1. The molecule has 1 nitrogen and oxygen atoms in total. The van der Waals surface area contributed by atoms with Gasteiger partial charge in [-0.2, -0.15) is 17.7 Å². The summed E-state index contributed by atoms with van der Waals surface area (Å²) in [6, 6.07) is 8.90. The fourth-order valence-corrected chi connectivity index (χ4v) is 0.506. The van der Waals surface area contributed by atoms with E-state index >= 15 is 0 Å². The van der Waals surface area contributed by atoms with E-state index in [1.807, 2.05) is 6.07 Å². The van der Waals surface area contributed by atoms with Gasteiger partial charge >= 0.3 is 0 Å². The smallest absolute Gasteiger partial charge is 0.0627 e. The normalized spacial score (nSPS) is 7.56. The summed E-state index contributed by atoms with van der Waals surface area (Å²) in [7, 11) is 0. The van der Waals surface area contributed by atoms with Crippen LogP contribution in [0.3, 0.4) is 0 Å². The van der Waals surface area contributed by atoms with Crippen LogP contribution in [0, 0.1) is 31.1 Å². The minimum Gasteiger partial charge on any atom is -0.376 e. The zero-order valence-electron chi connectivity index (χ0n) is 4.79. The van der Waals surface area contributed by atoms with Crippen LogP contribution in [0.15, 0.2) is 30.3 Å². The molecule has 0 bridgehead atoms. The third kappa shape index (κ3) is 2.84. The van der Waals surface area contributed by atoms with Gasteiger partial charge in [0, 0.05) is 31.1 Å². The molecule has 0 spiro atoms. The molecule has 0 unspecified atom stereocenters. The molecule has 0 aliphatic rings. The van der Waals surface area contributed by atoms with Crippen molar-refractivity contribution in [2.45, 2.75) is 0 Å². The maximum Gasteiger partial charge on any atom is 0.0627 e. The molecule has 0 aliphatic carbocycles. The van der Waals surface area contributed by atoms with Crippen LogP contribution in [-0.2, 0) is 4.79 Å². The van der Waals surface area contributed by atoms with Gasteiger partial charge in [-0.25, -0.2) is 0 Å². The largest absolute Gasteiger partial charge is 0.376 e. The average molecular weight is 343 g/mol. The van der Waals surface area contributed by atoms with Crippen molar-refractivity contribution >= 4 is 6.29 Å². The Kier molecular flexibility index (Phi) is 4.76. The molecule has 1 aromatic rings. The first-order valence-corrected chi connectivity index (χ1v) is 2.36. The zero-order valence-corrected chi connectivity index (χ0v) is 8.96. The van der Waals surface area contributed by atoms with Crippen molar-refractivity contribution in [2.75, 3.05) is 0 Å². The van der Waals surface area contributed by atoms with Gasteiger partial charge in [0.05, 0.1) is 6.29 Å². The molecule has 0 N–H and O–H groups in total. The molecule has 9 heavy (non-hydrogen) atoms. The molecular formula is C7H5OU-. The second kappa shape index (κ2) is 4.79. The van der Waals surface area contributed by atoms with Crippen LogP contribution in [0.1, 0.15) is 5.56 Å². The van der Waals surface area contributed by atoms with Crippen LogP contribution in [0.5, 0.6) is 0 Å². The molecule has 0 amide bonds. The Bertz CT molecular complexity index is 172. The van der Waals surface area contributed by atoms with E-state index in [0.717, 1.165) is 0 Å². The number of benzene rings is 1. The van der Waals surface area contributed by atoms with Crippen LogP contribution in [0.25, 0.3) is 0 Å². The van der Waals surface area contributed by atoms with Gasteiger partial charge in [-0.05, 0) is 0 Å². The Morgan fingerprint density at radius 3 is 2.00 bits per heavy atom. The molecule has 2 heteroatoms. The molecule has 0 atom stereocenters. The summed E-state index contributed by atoms with van der Waals surface area (Å²) in [5.41, 5.74) is 0.604. The molecule has 1 rings (SSSR count). The summed E-state index contributed by atoms with van der Waals surface area (Å²) in [5, 5.41) is 0. The molecule has 0 aliphatic heterocycles. The number of hydrogen-bond acceptors (Lipinski definition) is 1. The number of carbonyl (C=O) groups excluding carboxylic acids is 1. The average Bonchev–Trinajstić information content (AvgIpc) is 1.90. The maximum absolute atomic E-state index is 9.88. The summed E-state index contributed by atoms with van der Waals surface area (Å²) in [6.45, 7) is 0. The molecular weight excluding hydrogens is 338 g/mol. The molecule has 0 saturated heterocycles. The van der Waals surface area contributed by atoms with Gasteiger partial charge in [0.15, 0.2) is 0 Å². The summed E-state index contributed by atoms with van der Waals surface area (Å²) in [6.07, 6.45) is 1.78. The van der Waals surface area contributed by atoms with E-state index in [2.05, 4.69) is 0 Å². The van der Waals surface area contributed by atoms with Crippen molar-refractivity contribution in [3.05, 3.63) is 35.9 Å². The Labute approximate surface area is 77.8 Å². The van der Waals surface area contributed by atoms with Gasteiger partial charge in [-0.3, -0.25) is 0 Å². The van der Waals surface area contributed by atoms with Crippen molar-refractivity contribution < 1.29 is 35.9 Å². The Hall–Kier alpha value is -0.0581. The Balaban J connectivity index is 0.000000640. The van der Waals surface area contributed by atoms with E-state index in [9.17, 15) is 4.79 Å². The quantitative estimate of drug-likeness (QED) is 0.699. The van der Waals surface area contributed by atoms with Gasteiger partial charge in [0.25, 0.3) is 0 Å². The summed E-state index contributed by atoms with van der Waals surface area (Å²) >= 11 is 0. The van der Waals surface area contributed by atoms with Gasteiger partial charge in [-0.15, -0.1) is 12.1 Å². The van der Waals surface area contributed by atoms with Gasteiger partial charge in [-0.1, -0.05) is 6.07 Å². The van der Waals surface area contributed by atoms with Crippen molar-refractivity contribution in [3.8, 4) is 0 Å². The van der Waals surface area contributed by atoms with Crippen LogP contribution in [-0.4, -0.2) is 6.29 Å². The van der Waals surface area contributed by atoms with Gasteiger partial charge < -0.3 is 4.79 Å². The SMILES string of the molecule is O=[C-]c1ccccc1.[U]. The van der Waals surface area contributed by atoms with Crippen molar-refractivity contribution in [1.29, 1.82) is 0 Å². The zero-order chi connectivity index (χ0) is 5.82. The van der Waals surface area contributed by atoms with E-state index in [0.29, 0.717) is 5.56 Å². The fraction of sp³-hybridized carbons (Fsp3) is 0. The number of hydrogen-bond donors (Lipinski definition) is 0. The topological polar surface area (TPSA) is 17.1 Å². The maximum atomic E-state index is 9.88. The van der Waals surface area contributed by atoms with Gasteiger partial charge in [0.2, 0.25) is 0 Å². The second-order valence-electron chi connectivity index (χ2n) is 1.47. The van der Waals surface area contributed by atoms with E-state index in [4.69, 9.17) is 0 Å². The van der Waals surface area contributed by atoms with Crippen LogP contribution in [0.4, 0.5) is 0 Å². The first-order chi connectivity index (χ1) is 3.93. The van der Waals surface area contributed by atoms with Crippen LogP contribution >= 0.6 is 0 Å². The first kappa shape index (κ1) is 8.94. The standard InChI is InChI=1S/C7H5O.U/c8-6-7-4-2-1-3-5-7;/h1-5H;/q-1;. The van der Waals surface area contributed by atoms with Crippen molar-refractivity contribution in [3.63, 3.8) is 0 Å². The Morgan fingerprint density at radius 2 is 1.67 bits per heavy atom. The Morgan fingerprint density at radius 1 is 1.11 bits per heavy atom. The third-order valence-corrected chi connectivity index (χ3v) is 0.892. The van der Waals surface area contributed by atoms with E-state index in [1.165, 1.54) is 0 Å². The fourth-order valence-electron chi connectivity index (χ4n) is 0.506. The molecule has 44 valence electrons. The minimum atomic E-state index is 0. The first-order valence-electron chi connectivity index (χ1n) is 2.36. The predicted molar refractivity (Wildman–Crippen MR) is 31.2 cm³/mol.